The summed E-state index contributed by atoms with van der Waals surface area (Å²) in [6.07, 6.45) is 3.02. The molecule has 0 saturated carbocycles. The molecule has 7 heteroatoms. The largest absolute Gasteiger partial charge is 0.497 e. The van der Waals surface area contributed by atoms with E-state index in [0.717, 1.165) is 0 Å². The average molecular weight is 329 g/mol. The second kappa shape index (κ2) is 6.57. The van der Waals surface area contributed by atoms with Gasteiger partial charge in [-0.05, 0) is 12.1 Å². The number of hydrogen-bond donors (Lipinski definition) is 1. The van der Waals surface area contributed by atoms with E-state index in [9.17, 15) is 9.18 Å². The normalized spacial score (nSPS) is 10.6. The summed E-state index contributed by atoms with van der Waals surface area (Å²) >= 11 is 0. The Balaban J connectivity index is 1.74. The number of ether oxygens (including phenoxy) is 2. The van der Waals surface area contributed by atoms with E-state index < -0.39 is 0 Å². The van der Waals surface area contributed by atoms with E-state index in [0.29, 0.717) is 28.5 Å². The summed E-state index contributed by atoms with van der Waals surface area (Å²) < 4.78 is 25.1. The zero-order chi connectivity index (χ0) is 17.1. The standard InChI is InChI=1S/C17H16FN3O3/c1-23-14-5-12(6-15(8-14)24-2)20-17(22)7-13-10-21-9-11(18)3-4-16(21)19-13/h3-6,8-10H,7H2,1-2H3,(H,20,22). The predicted octanol–water partition coefficient (Wildman–Crippen LogP) is 2.67. The molecule has 3 rings (SSSR count). The lowest BCUT2D eigenvalue weighted by molar-refractivity contribution is -0.115. The van der Waals surface area contributed by atoms with Crippen LogP contribution in [0, 0.1) is 5.82 Å². The Labute approximate surface area is 137 Å². The van der Waals surface area contributed by atoms with Gasteiger partial charge in [0.05, 0.1) is 26.3 Å². The number of anilines is 1. The Morgan fingerprint density at radius 3 is 2.54 bits per heavy atom. The average Bonchev–Trinajstić information content (AvgIpc) is 2.95. The van der Waals surface area contributed by atoms with Crippen LogP contribution in [-0.2, 0) is 11.2 Å². The van der Waals surface area contributed by atoms with Gasteiger partial charge >= 0.3 is 0 Å². The summed E-state index contributed by atoms with van der Waals surface area (Å²) in [5, 5.41) is 2.77. The van der Waals surface area contributed by atoms with Crippen molar-refractivity contribution < 1.29 is 18.7 Å². The van der Waals surface area contributed by atoms with Crippen LogP contribution in [-0.4, -0.2) is 29.5 Å². The number of pyridine rings is 1. The first-order valence-electron chi connectivity index (χ1n) is 7.23. The minimum atomic E-state index is -0.362. The highest BCUT2D eigenvalue weighted by Crippen LogP contribution is 2.25. The van der Waals surface area contributed by atoms with Gasteiger partial charge in [-0.25, -0.2) is 9.37 Å². The molecule has 2 aromatic heterocycles. The van der Waals surface area contributed by atoms with Crippen molar-refractivity contribution in [3.8, 4) is 11.5 Å². The van der Waals surface area contributed by atoms with Crippen molar-refractivity contribution in [3.63, 3.8) is 0 Å². The number of halogens is 1. The molecule has 2 heterocycles. The molecule has 0 aliphatic rings. The molecule has 1 amide bonds. The highest BCUT2D eigenvalue weighted by atomic mass is 19.1. The Kier molecular flexibility index (Phi) is 4.33. The number of carbonyl (C=O) groups excluding carboxylic acids is 1. The Hall–Kier alpha value is -3.09. The predicted molar refractivity (Wildman–Crippen MR) is 87.0 cm³/mol. The Morgan fingerprint density at radius 2 is 1.88 bits per heavy atom. The molecule has 1 N–H and O–H groups in total. The molecule has 0 fully saturated rings. The summed E-state index contributed by atoms with van der Waals surface area (Å²) in [5.41, 5.74) is 1.70. The summed E-state index contributed by atoms with van der Waals surface area (Å²) in [5.74, 6) is 0.550. The van der Waals surface area contributed by atoms with Crippen molar-refractivity contribution in [1.29, 1.82) is 0 Å². The van der Waals surface area contributed by atoms with Crippen LogP contribution in [0.25, 0.3) is 5.65 Å². The van der Waals surface area contributed by atoms with Gasteiger partial charge in [0.15, 0.2) is 0 Å². The van der Waals surface area contributed by atoms with Gasteiger partial charge in [0.2, 0.25) is 5.91 Å². The molecular weight excluding hydrogens is 313 g/mol. The first-order valence-corrected chi connectivity index (χ1v) is 7.23. The van der Waals surface area contributed by atoms with E-state index in [-0.39, 0.29) is 18.1 Å². The fraction of sp³-hybridized carbons (Fsp3) is 0.176. The van der Waals surface area contributed by atoms with E-state index in [4.69, 9.17) is 9.47 Å². The van der Waals surface area contributed by atoms with E-state index in [1.165, 1.54) is 26.5 Å². The number of rotatable bonds is 5. The molecule has 1 aromatic carbocycles. The molecule has 3 aromatic rings. The molecule has 0 spiro atoms. The minimum Gasteiger partial charge on any atom is -0.497 e. The molecule has 0 bridgehead atoms. The fourth-order valence-corrected chi connectivity index (χ4v) is 2.35. The molecule has 0 atom stereocenters. The summed E-state index contributed by atoms with van der Waals surface area (Å²) in [4.78, 5) is 16.5. The number of fused-ring (bicyclic) bond motifs is 1. The van der Waals surface area contributed by atoms with Crippen molar-refractivity contribution in [3.05, 3.63) is 54.2 Å². The van der Waals surface area contributed by atoms with Gasteiger partial charge in [0.1, 0.15) is 23.0 Å². The highest BCUT2D eigenvalue weighted by Gasteiger charge is 2.10. The molecule has 0 aliphatic heterocycles. The van der Waals surface area contributed by atoms with Crippen LogP contribution in [0.1, 0.15) is 5.69 Å². The quantitative estimate of drug-likeness (QED) is 0.781. The van der Waals surface area contributed by atoms with Crippen molar-refractivity contribution in [2.24, 2.45) is 0 Å². The third-order valence-electron chi connectivity index (χ3n) is 3.44. The number of nitrogens with zero attached hydrogens (tertiary/aromatic N) is 2. The maximum absolute atomic E-state index is 13.2. The maximum atomic E-state index is 13.2. The minimum absolute atomic E-state index is 0.0722. The molecule has 0 saturated heterocycles. The van der Waals surface area contributed by atoms with E-state index >= 15 is 0 Å². The first-order chi connectivity index (χ1) is 11.6. The molecule has 0 unspecified atom stereocenters. The lowest BCUT2D eigenvalue weighted by Crippen LogP contribution is -2.14. The van der Waals surface area contributed by atoms with Crippen LogP contribution in [0.5, 0.6) is 11.5 Å². The van der Waals surface area contributed by atoms with E-state index in [1.54, 1.807) is 34.9 Å². The van der Waals surface area contributed by atoms with Gasteiger partial charge in [0.25, 0.3) is 0 Å². The SMILES string of the molecule is COc1cc(NC(=O)Cc2cn3cc(F)ccc3n2)cc(OC)c1. The van der Waals surface area contributed by atoms with E-state index in [2.05, 4.69) is 10.3 Å². The molecule has 6 nitrogen and oxygen atoms in total. The number of aromatic nitrogens is 2. The molecule has 24 heavy (non-hydrogen) atoms. The smallest absolute Gasteiger partial charge is 0.230 e. The van der Waals surface area contributed by atoms with Gasteiger partial charge < -0.3 is 19.2 Å². The van der Waals surface area contributed by atoms with Crippen LogP contribution in [0.2, 0.25) is 0 Å². The van der Waals surface area contributed by atoms with Crippen molar-refractivity contribution in [1.82, 2.24) is 9.38 Å². The summed E-state index contributed by atoms with van der Waals surface area (Å²) in [6, 6.07) is 7.99. The second-order valence-electron chi connectivity index (χ2n) is 5.17. The number of carbonyl (C=O) groups is 1. The Bertz CT molecular complexity index is 870. The van der Waals surface area contributed by atoms with Gasteiger partial charge in [-0.3, -0.25) is 4.79 Å². The van der Waals surface area contributed by atoms with Crippen LogP contribution in [0.4, 0.5) is 10.1 Å². The topological polar surface area (TPSA) is 64.9 Å². The number of imidazole rings is 1. The van der Waals surface area contributed by atoms with Crippen molar-refractivity contribution in [2.75, 3.05) is 19.5 Å². The second-order valence-corrected chi connectivity index (χ2v) is 5.17. The lowest BCUT2D eigenvalue weighted by atomic mass is 10.2. The van der Waals surface area contributed by atoms with Gasteiger partial charge in [-0.15, -0.1) is 0 Å². The molecule has 0 radical (unpaired) electrons. The fourth-order valence-electron chi connectivity index (χ4n) is 2.35. The third kappa shape index (κ3) is 3.45. The number of benzene rings is 1. The molecule has 124 valence electrons. The number of hydrogen-bond acceptors (Lipinski definition) is 4. The summed E-state index contributed by atoms with van der Waals surface area (Å²) in [6.45, 7) is 0. The molecular formula is C17H16FN3O3. The maximum Gasteiger partial charge on any atom is 0.230 e. The van der Waals surface area contributed by atoms with Crippen molar-refractivity contribution in [2.45, 2.75) is 6.42 Å². The highest BCUT2D eigenvalue weighted by molar-refractivity contribution is 5.92. The van der Waals surface area contributed by atoms with Gasteiger partial charge in [0, 0.05) is 36.3 Å². The van der Waals surface area contributed by atoms with Crippen LogP contribution in [0.15, 0.2) is 42.7 Å². The molecule has 0 aliphatic carbocycles. The van der Waals surface area contributed by atoms with Gasteiger partial charge in [-0.1, -0.05) is 0 Å². The van der Waals surface area contributed by atoms with Crippen LogP contribution >= 0.6 is 0 Å². The first kappa shape index (κ1) is 15.8. The lowest BCUT2D eigenvalue weighted by Gasteiger charge is -2.09. The third-order valence-corrected chi connectivity index (χ3v) is 3.44. The van der Waals surface area contributed by atoms with Crippen LogP contribution < -0.4 is 14.8 Å². The zero-order valence-electron chi connectivity index (χ0n) is 13.2. The van der Waals surface area contributed by atoms with Gasteiger partial charge in [-0.2, -0.15) is 0 Å². The van der Waals surface area contributed by atoms with Crippen LogP contribution in [0.3, 0.4) is 0 Å². The summed E-state index contributed by atoms with van der Waals surface area (Å²) in [7, 11) is 3.08. The number of amides is 1. The van der Waals surface area contributed by atoms with E-state index in [1.807, 2.05) is 0 Å². The monoisotopic (exact) mass is 329 g/mol. The Morgan fingerprint density at radius 1 is 1.17 bits per heavy atom. The number of methoxy groups -OCH3 is 2. The van der Waals surface area contributed by atoms with Crippen molar-refractivity contribution >= 4 is 17.2 Å². The number of nitrogens with one attached hydrogen (secondary N) is 1. The zero-order valence-corrected chi connectivity index (χ0v) is 13.2.